The minimum atomic E-state index is 0.0989. The second kappa shape index (κ2) is 8.13. The Kier molecular flexibility index (Phi) is 6.82. The summed E-state index contributed by atoms with van der Waals surface area (Å²) >= 11 is 0. The maximum atomic E-state index is 12.0. The highest BCUT2D eigenvalue weighted by Gasteiger charge is 2.24. The summed E-state index contributed by atoms with van der Waals surface area (Å²) in [6.07, 6.45) is 4.22. The second-order valence-corrected chi connectivity index (χ2v) is 6.76. The van der Waals surface area contributed by atoms with E-state index in [1.54, 1.807) is 0 Å². The summed E-state index contributed by atoms with van der Waals surface area (Å²) < 4.78 is 0. The number of aryl methyl sites for hydroxylation is 1. The summed E-state index contributed by atoms with van der Waals surface area (Å²) in [5, 5.41) is 2.96. The summed E-state index contributed by atoms with van der Waals surface area (Å²) in [7, 11) is 0. The van der Waals surface area contributed by atoms with Gasteiger partial charge in [-0.05, 0) is 49.3 Å². The van der Waals surface area contributed by atoms with Gasteiger partial charge in [0.1, 0.15) is 0 Å². The van der Waals surface area contributed by atoms with Crippen molar-refractivity contribution in [2.75, 3.05) is 6.54 Å². The zero-order valence-corrected chi connectivity index (χ0v) is 13.8. The highest BCUT2D eigenvalue weighted by atomic mass is 16.1. The first-order valence-electron chi connectivity index (χ1n) is 7.71. The molecule has 0 saturated heterocycles. The predicted octanol–water partition coefficient (Wildman–Crippen LogP) is 2.80. The molecule has 1 amide bonds. The number of rotatable bonds is 7. The zero-order chi connectivity index (χ0) is 15.9. The fourth-order valence-electron chi connectivity index (χ4n) is 2.41. The molecular formula is C17H29N3O. The molecule has 21 heavy (non-hydrogen) atoms. The number of nitrogens with two attached hydrogens (primary N) is 1. The molecule has 0 aromatic carbocycles. The highest BCUT2D eigenvalue weighted by Crippen LogP contribution is 2.31. The van der Waals surface area contributed by atoms with Gasteiger partial charge in [-0.25, -0.2) is 0 Å². The maximum Gasteiger partial charge on any atom is 0.220 e. The molecule has 0 spiro atoms. The molecule has 0 aliphatic carbocycles. The number of amides is 1. The van der Waals surface area contributed by atoms with E-state index in [0.717, 1.165) is 24.1 Å². The molecule has 1 heterocycles. The van der Waals surface area contributed by atoms with E-state index >= 15 is 0 Å². The van der Waals surface area contributed by atoms with Gasteiger partial charge in [-0.3, -0.25) is 9.78 Å². The van der Waals surface area contributed by atoms with Gasteiger partial charge < -0.3 is 11.1 Å². The molecule has 0 aliphatic rings. The summed E-state index contributed by atoms with van der Waals surface area (Å²) in [5.41, 5.74) is 7.88. The van der Waals surface area contributed by atoms with Crippen molar-refractivity contribution in [1.29, 1.82) is 0 Å². The van der Waals surface area contributed by atoms with Crippen LogP contribution in [-0.2, 0) is 11.3 Å². The van der Waals surface area contributed by atoms with Gasteiger partial charge >= 0.3 is 0 Å². The van der Waals surface area contributed by atoms with Gasteiger partial charge in [0.2, 0.25) is 5.91 Å². The van der Waals surface area contributed by atoms with Crippen molar-refractivity contribution >= 4 is 5.91 Å². The molecule has 4 heteroatoms. The first-order chi connectivity index (χ1) is 9.82. The van der Waals surface area contributed by atoms with Crippen LogP contribution in [0.2, 0.25) is 0 Å². The third kappa shape index (κ3) is 6.71. The van der Waals surface area contributed by atoms with Crippen molar-refractivity contribution in [2.24, 2.45) is 17.1 Å². The largest absolute Gasteiger partial charge is 0.352 e. The third-order valence-electron chi connectivity index (χ3n) is 3.92. The SMILES string of the molecule is Cc1ccc(CNC(=O)CCC(CCN)C(C)(C)C)cn1. The van der Waals surface area contributed by atoms with Crippen LogP contribution < -0.4 is 11.1 Å². The number of aromatic nitrogens is 1. The Hall–Kier alpha value is -1.42. The van der Waals surface area contributed by atoms with E-state index in [-0.39, 0.29) is 11.3 Å². The van der Waals surface area contributed by atoms with Crippen LogP contribution in [0.15, 0.2) is 18.3 Å². The molecule has 0 saturated carbocycles. The normalized spacial score (nSPS) is 13.0. The van der Waals surface area contributed by atoms with E-state index < -0.39 is 0 Å². The lowest BCUT2D eigenvalue weighted by atomic mass is 9.76. The van der Waals surface area contributed by atoms with Crippen molar-refractivity contribution in [1.82, 2.24) is 10.3 Å². The summed E-state index contributed by atoms with van der Waals surface area (Å²) in [6, 6.07) is 3.95. The van der Waals surface area contributed by atoms with Crippen LogP contribution in [0.1, 0.15) is 51.3 Å². The Morgan fingerprint density at radius 1 is 1.33 bits per heavy atom. The molecule has 1 aromatic heterocycles. The fraction of sp³-hybridized carbons (Fsp3) is 0.647. The number of hydrogen-bond donors (Lipinski definition) is 2. The van der Waals surface area contributed by atoms with Crippen LogP contribution in [0.4, 0.5) is 0 Å². The molecule has 1 rings (SSSR count). The van der Waals surface area contributed by atoms with Crippen molar-refractivity contribution in [3.63, 3.8) is 0 Å². The summed E-state index contributed by atoms with van der Waals surface area (Å²) in [6.45, 7) is 9.81. The molecule has 3 N–H and O–H groups in total. The first kappa shape index (κ1) is 17.6. The van der Waals surface area contributed by atoms with Crippen LogP contribution in [0.3, 0.4) is 0 Å². The number of pyridine rings is 1. The predicted molar refractivity (Wildman–Crippen MR) is 86.7 cm³/mol. The standard InChI is InChI=1S/C17H29N3O/c1-13-5-6-14(11-19-13)12-20-16(21)8-7-15(9-10-18)17(2,3)4/h5-6,11,15H,7-10,12,18H2,1-4H3,(H,20,21). The van der Waals surface area contributed by atoms with E-state index in [1.807, 2.05) is 25.3 Å². The van der Waals surface area contributed by atoms with Crippen molar-refractivity contribution in [3.05, 3.63) is 29.6 Å². The van der Waals surface area contributed by atoms with Gasteiger partial charge in [0, 0.05) is 24.9 Å². The van der Waals surface area contributed by atoms with E-state index in [2.05, 4.69) is 31.1 Å². The molecule has 1 unspecified atom stereocenters. The smallest absolute Gasteiger partial charge is 0.220 e. The monoisotopic (exact) mass is 291 g/mol. The lowest BCUT2D eigenvalue weighted by Gasteiger charge is -2.30. The quantitative estimate of drug-likeness (QED) is 0.811. The molecule has 4 nitrogen and oxygen atoms in total. The fourth-order valence-corrected chi connectivity index (χ4v) is 2.41. The van der Waals surface area contributed by atoms with Crippen LogP contribution in [0, 0.1) is 18.3 Å². The van der Waals surface area contributed by atoms with E-state index in [0.29, 0.717) is 25.4 Å². The Morgan fingerprint density at radius 3 is 2.57 bits per heavy atom. The van der Waals surface area contributed by atoms with Gasteiger partial charge in [0.05, 0.1) is 0 Å². The Labute approximate surface area is 128 Å². The number of hydrogen-bond acceptors (Lipinski definition) is 3. The van der Waals surface area contributed by atoms with Crippen molar-refractivity contribution < 1.29 is 4.79 Å². The number of nitrogens with zero attached hydrogens (tertiary/aromatic N) is 1. The average molecular weight is 291 g/mol. The lowest BCUT2D eigenvalue weighted by molar-refractivity contribution is -0.121. The van der Waals surface area contributed by atoms with E-state index in [9.17, 15) is 4.79 Å². The van der Waals surface area contributed by atoms with Crippen molar-refractivity contribution in [3.8, 4) is 0 Å². The second-order valence-electron chi connectivity index (χ2n) is 6.76. The molecule has 118 valence electrons. The molecule has 0 radical (unpaired) electrons. The number of carbonyl (C=O) groups excluding carboxylic acids is 1. The lowest BCUT2D eigenvalue weighted by Crippen LogP contribution is -2.27. The Bertz CT molecular complexity index is 434. The zero-order valence-electron chi connectivity index (χ0n) is 13.8. The minimum absolute atomic E-state index is 0.0989. The van der Waals surface area contributed by atoms with Gasteiger partial charge in [-0.1, -0.05) is 26.8 Å². The molecule has 0 aliphatic heterocycles. The summed E-state index contributed by atoms with van der Waals surface area (Å²) in [5.74, 6) is 0.580. The van der Waals surface area contributed by atoms with Crippen LogP contribution in [0.5, 0.6) is 0 Å². The van der Waals surface area contributed by atoms with E-state index in [1.165, 1.54) is 0 Å². The molecular weight excluding hydrogens is 262 g/mol. The Morgan fingerprint density at radius 2 is 2.05 bits per heavy atom. The van der Waals surface area contributed by atoms with Gasteiger partial charge in [0.15, 0.2) is 0 Å². The average Bonchev–Trinajstić information content (AvgIpc) is 2.41. The molecule has 0 fully saturated rings. The molecule has 0 bridgehead atoms. The van der Waals surface area contributed by atoms with Gasteiger partial charge in [-0.2, -0.15) is 0 Å². The first-order valence-corrected chi connectivity index (χ1v) is 7.71. The van der Waals surface area contributed by atoms with Gasteiger partial charge in [-0.15, -0.1) is 0 Å². The van der Waals surface area contributed by atoms with Crippen LogP contribution in [0.25, 0.3) is 0 Å². The maximum absolute atomic E-state index is 12.0. The topological polar surface area (TPSA) is 68.0 Å². The van der Waals surface area contributed by atoms with Crippen LogP contribution >= 0.6 is 0 Å². The van der Waals surface area contributed by atoms with E-state index in [4.69, 9.17) is 5.73 Å². The number of nitrogens with one attached hydrogen (secondary N) is 1. The number of carbonyl (C=O) groups is 1. The molecule has 1 atom stereocenters. The van der Waals surface area contributed by atoms with Crippen molar-refractivity contribution in [2.45, 2.75) is 53.5 Å². The molecule has 1 aromatic rings. The Balaban J connectivity index is 2.37. The highest BCUT2D eigenvalue weighted by molar-refractivity contribution is 5.75. The summed E-state index contributed by atoms with van der Waals surface area (Å²) in [4.78, 5) is 16.2. The van der Waals surface area contributed by atoms with Gasteiger partial charge in [0.25, 0.3) is 0 Å². The minimum Gasteiger partial charge on any atom is -0.352 e. The van der Waals surface area contributed by atoms with Crippen LogP contribution in [-0.4, -0.2) is 17.4 Å². The third-order valence-corrected chi connectivity index (χ3v) is 3.92.